The molecule has 6 nitrogen and oxygen atoms in total. The Morgan fingerprint density at radius 2 is 1.36 bits per heavy atom. The van der Waals surface area contributed by atoms with Crippen LogP contribution in [-0.4, -0.2) is 22.6 Å². The molecular formula is C46H51N4O2Si+. The van der Waals surface area contributed by atoms with E-state index in [1.807, 2.05) is 0 Å². The number of fused-ring (bicyclic) bond motifs is 6. The Bertz CT molecular complexity index is 2690. The third-order valence-corrected chi connectivity index (χ3v) is 12.2. The second-order valence-electron chi connectivity index (χ2n) is 17.5. The molecule has 4 aromatic heterocycles. The summed E-state index contributed by atoms with van der Waals surface area (Å²) in [5.41, 5.74) is 16.1. The van der Waals surface area contributed by atoms with E-state index in [-0.39, 0.29) is 17.3 Å². The molecule has 0 aliphatic carbocycles. The van der Waals surface area contributed by atoms with Gasteiger partial charge in [-0.15, -0.1) is 0 Å². The largest absolute Gasteiger partial charge is 0.451 e. The average Bonchev–Trinajstić information content (AvgIpc) is 3.80. The van der Waals surface area contributed by atoms with Crippen molar-refractivity contribution < 1.29 is 13.4 Å². The first-order valence-corrected chi connectivity index (χ1v) is 22.5. The normalized spacial score (nSPS) is 12.9. The number of benzene rings is 4. The number of imidazole rings is 1. The van der Waals surface area contributed by atoms with Crippen LogP contribution in [0.2, 0.25) is 19.6 Å². The fourth-order valence-corrected chi connectivity index (χ4v) is 8.71. The maximum atomic E-state index is 7.10. The van der Waals surface area contributed by atoms with Gasteiger partial charge < -0.3 is 8.83 Å². The van der Waals surface area contributed by atoms with Gasteiger partial charge in [0.25, 0.3) is 5.82 Å². The standard InChI is InChI=1S/C46H51N4O2Si/c1-26(2)32-24-30(29-18-14-13-15-19-29)25-33(27(3)4)39(32)50-35-21-17-16-20-34(35)49(9)44(50)36-28(5)22-23-31-37-41(51-40(31)36)38-42(43(47-37)46(6,7)8)52-45(48-38)53(10,11)12/h13-27H,1-12H3/q+1. The van der Waals surface area contributed by atoms with Crippen molar-refractivity contribution >= 4 is 57.8 Å². The van der Waals surface area contributed by atoms with E-state index >= 15 is 0 Å². The van der Waals surface area contributed by atoms with Gasteiger partial charge in [0, 0.05) is 21.9 Å². The third-order valence-electron chi connectivity index (χ3n) is 10.7. The van der Waals surface area contributed by atoms with Gasteiger partial charge in [-0.25, -0.2) is 14.5 Å². The quantitative estimate of drug-likeness (QED) is 0.127. The summed E-state index contributed by atoms with van der Waals surface area (Å²) in [4.78, 5) is 10.5. The molecule has 0 aliphatic rings. The molecule has 8 rings (SSSR count). The molecule has 0 spiro atoms. The van der Waals surface area contributed by atoms with E-state index in [0.29, 0.717) is 5.58 Å². The van der Waals surface area contributed by atoms with Crippen molar-refractivity contribution in [3.05, 3.63) is 101 Å². The van der Waals surface area contributed by atoms with Gasteiger partial charge in [-0.1, -0.05) is 117 Å². The number of aryl methyl sites for hydroxylation is 2. The topological polar surface area (TPSA) is 60.9 Å². The fraction of sp³-hybridized carbons (Fsp3) is 0.326. The van der Waals surface area contributed by atoms with Crippen LogP contribution in [0.25, 0.3) is 72.4 Å². The summed E-state index contributed by atoms with van der Waals surface area (Å²) in [6.07, 6.45) is 0. The van der Waals surface area contributed by atoms with Crippen LogP contribution in [0.4, 0.5) is 0 Å². The molecule has 0 N–H and O–H groups in total. The lowest BCUT2D eigenvalue weighted by molar-refractivity contribution is -0.633. The Balaban J connectivity index is 1.52. The summed E-state index contributed by atoms with van der Waals surface area (Å²) in [5.74, 6) is 1.61. The van der Waals surface area contributed by atoms with Crippen LogP contribution in [0.15, 0.2) is 87.7 Å². The summed E-state index contributed by atoms with van der Waals surface area (Å²) in [5, 5.41) is 0.981. The molecule has 0 saturated heterocycles. The summed E-state index contributed by atoms with van der Waals surface area (Å²) in [7, 11) is 0.306. The van der Waals surface area contributed by atoms with Crippen molar-refractivity contribution in [2.45, 2.75) is 92.3 Å². The summed E-state index contributed by atoms with van der Waals surface area (Å²) in [6.45, 7) is 24.8. The van der Waals surface area contributed by atoms with Crippen LogP contribution >= 0.6 is 0 Å². The van der Waals surface area contributed by atoms with Gasteiger partial charge in [0.2, 0.25) is 0 Å². The van der Waals surface area contributed by atoms with Crippen LogP contribution < -0.4 is 10.1 Å². The minimum absolute atomic E-state index is 0.259. The predicted octanol–water partition coefficient (Wildman–Crippen LogP) is 11.6. The van der Waals surface area contributed by atoms with Crippen molar-refractivity contribution in [2.24, 2.45) is 7.05 Å². The van der Waals surface area contributed by atoms with E-state index in [0.717, 1.165) is 66.8 Å². The van der Waals surface area contributed by atoms with Crippen molar-refractivity contribution in [1.82, 2.24) is 14.5 Å². The Morgan fingerprint density at radius 3 is 1.98 bits per heavy atom. The van der Waals surface area contributed by atoms with Gasteiger partial charge >= 0.3 is 0 Å². The number of nitrogens with zero attached hydrogens (tertiary/aromatic N) is 4. The number of para-hydroxylation sites is 2. The van der Waals surface area contributed by atoms with E-state index in [2.05, 4.69) is 170 Å². The summed E-state index contributed by atoms with van der Waals surface area (Å²) < 4.78 is 18.6. The average molecular weight is 720 g/mol. The molecule has 0 unspecified atom stereocenters. The zero-order valence-corrected chi connectivity index (χ0v) is 34.3. The molecule has 0 aliphatic heterocycles. The lowest BCUT2D eigenvalue weighted by atomic mass is 9.88. The number of hydrogen-bond donors (Lipinski definition) is 0. The van der Waals surface area contributed by atoms with E-state index in [1.54, 1.807) is 0 Å². The van der Waals surface area contributed by atoms with E-state index < -0.39 is 8.07 Å². The maximum Gasteiger partial charge on any atom is 0.299 e. The molecule has 7 heteroatoms. The van der Waals surface area contributed by atoms with Gasteiger partial charge in [0.1, 0.15) is 24.8 Å². The molecule has 270 valence electrons. The number of furan rings is 1. The van der Waals surface area contributed by atoms with Gasteiger partial charge in [0.15, 0.2) is 38.8 Å². The molecule has 0 amide bonds. The molecule has 4 aromatic carbocycles. The molecule has 0 fully saturated rings. The van der Waals surface area contributed by atoms with Gasteiger partial charge in [-0.2, -0.15) is 4.57 Å². The summed E-state index contributed by atoms with van der Waals surface area (Å²) >= 11 is 0. The monoisotopic (exact) mass is 719 g/mol. The molecular weight excluding hydrogens is 669 g/mol. The first kappa shape index (κ1) is 35.0. The molecule has 8 aromatic rings. The number of rotatable bonds is 6. The zero-order chi connectivity index (χ0) is 37.7. The highest BCUT2D eigenvalue weighted by molar-refractivity contribution is 6.87. The Kier molecular flexibility index (Phi) is 8.11. The Hall–Kier alpha value is -5.01. The SMILES string of the molecule is Cc1ccc2c(oc3c4nc([Si](C)(C)C)oc4c(C(C)(C)C)nc23)c1-c1n(-c2c(C(C)C)cc(-c3ccccc3)cc2C(C)C)c2ccccc2[n+]1C. The number of aromatic nitrogens is 4. The van der Waals surface area contributed by atoms with Crippen LogP contribution in [0.5, 0.6) is 0 Å². The van der Waals surface area contributed by atoms with Crippen molar-refractivity contribution in [1.29, 1.82) is 0 Å². The van der Waals surface area contributed by atoms with Crippen molar-refractivity contribution in [3.8, 4) is 28.2 Å². The lowest BCUT2D eigenvalue weighted by Crippen LogP contribution is -2.38. The highest BCUT2D eigenvalue weighted by Gasteiger charge is 2.36. The lowest BCUT2D eigenvalue weighted by Gasteiger charge is -2.21. The molecule has 0 radical (unpaired) electrons. The number of pyridine rings is 1. The number of oxazole rings is 1. The third kappa shape index (κ3) is 5.54. The minimum Gasteiger partial charge on any atom is -0.451 e. The second-order valence-corrected chi connectivity index (χ2v) is 22.4. The predicted molar refractivity (Wildman–Crippen MR) is 223 cm³/mol. The zero-order valence-electron chi connectivity index (χ0n) is 33.3. The Morgan fingerprint density at radius 1 is 0.717 bits per heavy atom. The second kappa shape index (κ2) is 12.3. The molecule has 0 atom stereocenters. The van der Waals surface area contributed by atoms with Crippen molar-refractivity contribution in [3.63, 3.8) is 0 Å². The van der Waals surface area contributed by atoms with Crippen LogP contribution in [-0.2, 0) is 12.5 Å². The van der Waals surface area contributed by atoms with Gasteiger partial charge in [-0.05, 0) is 65.8 Å². The minimum atomic E-state index is -1.88. The Labute approximate surface area is 313 Å². The highest BCUT2D eigenvalue weighted by Crippen LogP contribution is 2.44. The van der Waals surface area contributed by atoms with Crippen molar-refractivity contribution in [2.75, 3.05) is 0 Å². The molecule has 0 bridgehead atoms. The first-order valence-electron chi connectivity index (χ1n) is 19.0. The smallest absolute Gasteiger partial charge is 0.299 e. The number of hydrogen-bond acceptors (Lipinski definition) is 4. The van der Waals surface area contributed by atoms with Gasteiger partial charge in [0.05, 0.1) is 12.7 Å². The van der Waals surface area contributed by atoms with Gasteiger partial charge in [-0.3, -0.25) is 0 Å². The first-order chi connectivity index (χ1) is 25.1. The van der Waals surface area contributed by atoms with E-state index in [4.69, 9.17) is 18.8 Å². The van der Waals surface area contributed by atoms with Crippen LogP contribution in [0.1, 0.15) is 82.7 Å². The van der Waals surface area contributed by atoms with Crippen LogP contribution in [0, 0.1) is 6.92 Å². The van der Waals surface area contributed by atoms with Crippen LogP contribution in [0.3, 0.4) is 0 Å². The van der Waals surface area contributed by atoms with E-state index in [9.17, 15) is 0 Å². The summed E-state index contributed by atoms with van der Waals surface area (Å²) in [6, 6.07) is 28.7. The molecule has 4 heterocycles. The highest BCUT2D eigenvalue weighted by atomic mass is 28.3. The molecule has 0 saturated carbocycles. The fourth-order valence-electron chi connectivity index (χ4n) is 7.86. The molecule has 53 heavy (non-hydrogen) atoms. The maximum absolute atomic E-state index is 7.10. The van der Waals surface area contributed by atoms with E-state index in [1.165, 1.54) is 27.9 Å².